The van der Waals surface area contributed by atoms with E-state index in [1.165, 1.54) is 0 Å². The zero-order valence-electron chi connectivity index (χ0n) is 10.2. The average Bonchev–Trinajstić information content (AvgIpc) is 2.13. The quantitative estimate of drug-likeness (QED) is 0.798. The van der Waals surface area contributed by atoms with Crippen LogP contribution >= 0.6 is 0 Å². The van der Waals surface area contributed by atoms with Crippen molar-refractivity contribution in [2.75, 3.05) is 18.4 Å². The van der Waals surface area contributed by atoms with E-state index in [-0.39, 0.29) is 11.2 Å². The SMILES string of the molecule is CC(C)(C)NCCNc1c(F)cc(F)cc1F. The van der Waals surface area contributed by atoms with Gasteiger partial charge in [-0.15, -0.1) is 0 Å². The van der Waals surface area contributed by atoms with Gasteiger partial charge in [0.15, 0.2) is 11.6 Å². The Hall–Kier alpha value is -1.23. The topological polar surface area (TPSA) is 24.1 Å². The molecule has 0 atom stereocenters. The molecule has 0 amide bonds. The van der Waals surface area contributed by atoms with Crippen LogP contribution in [0.1, 0.15) is 20.8 Å². The Morgan fingerprint density at radius 2 is 1.53 bits per heavy atom. The van der Waals surface area contributed by atoms with Crippen molar-refractivity contribution < 1.29 is 13.2 Å². The molecule has 0 radical (unpaired) electrons. The molecule has 5 heteroatoms. The maximum atomic E-state index is 13.2. The molecule has 0 aliphatic rings. The second-order valence-corrected chi connectivity index (χ2v) is 4.85. The average molecular weight is 246 g/mol. The van der Waals surface area contributed by atoms with E-state index >= 15 is 0 Å². The minimum atomic E-state index is -0.918. The van der Waals surface area contributed by atoms with Crippen LogP contribution in [-0.4, -0.2) is 18.6 Å². The maximum absolute atomic E-state index is 13.2. The van der Waals surface area contributed by atoms with Crippen LogP contribution in [0.25, 0.3) is 0 Å². The van der Waals surface area contributed by atoms with Gasteiger partial charge in [-0.2, -0.15) is 0 Å². The van der Waals surface area contributed by atoms with Crippen LogP contribution in [0.3, 0.4) is 0 Å². The van der Waals surface area contributed by atoms with E-state index in [1.807, 2.05) is 20.8 Å². The third-order valence-electron chi connectivity index (χ3n) is 2.09. The number of benzene rings is 1. The Balaban J connectivity index is 2.53. The highest BCUT2D eigenvalue weighted by Crippen LogP contribution is 2.19. The third-order valence-corrected chi connectivity index (χ3v) is 2.09. The third kappa shape index (κ3) is 4.65. The van der Waals surface area contributed by atoms with Crippen molar-refractivity contribution in [3.05, 3.63) is 29.6 Å². The fourth-order valence-corrected chi connectivity index (χ4v) is 1.34. The van der Waals surface area contributed by atoms with Crippen LogP contribution in [0.4, 0.5) is 18.9 Å². The molecule has 96 valence electrons. The standard InChI is InChI=1S/C12H17F3N2/c1-12(2,3)17-5-4-16-11-9(14)6-8(13)7-10(11)15/h6-7,16-17H,4-5H2,1-3H3. The van der Waals surface area contributed by atoms with Gasteiger partial charge in [0.25, 0.3) is 0 Å². The van der Waals surface area contributed by atoms with E-state index in [2.05, 4.69) is 10.6 Å². The number of nitrogens with one attached hydrogen (secondary N) is 2. The van der Waals surface area contributed by atoms with E-state index in [0.29, 0.717) is 25.2 Å². The summed E-state index contributed by atoms with van der Waals surface area (Å²) in [6.07, 6.45) is 0. The smallest absolute Gasteiger partial charge is 0.152 e. The zero-order valence-corrected chi connectivity index (χ0v) is 10.2. The van der Waals surface area contributed by atoms with Gasteiger partial charge >= 0.3 is 0 Å². The molecule has 0 aliphatic carbocycles. The number of hydrogen-bond acceptors (Lipinski definition) is 2. The molecule has 0 saturated carbocycles. The molecular weight excluding hydrogens is 229 g/mol. The predicted molar refractivity (Wildman–Crippen MR) is 62.6 cm³/mol. The van der Waals surface area contributed by atoms with Gasteiger partial charge < -0.3 is 10.6 Å². The Bertz CT molecular complexity index is 363. The highest BCUT2D eigenvalue weighted by atomic mass is 19.1. The van der Waals surface area contributed by atoms with Crippen LogP contribution in [0.5, 0.6) is 0 Å². The van der Waals surface area contributed by atoms with Crippen molar-refractivity contribution in [2.24, 2.45) is 0 Å². The lowest BCUT2D eigenvalue weighted by atomic mass is 10.1. The number of hydrogen-bond donors (Lipinski definition) is 2. The lowest BCUT2D eigenvalue weighted by Gasteiger charge is -2.20. The minimum Gasteiger partial charge on any atom is -0.379 e. The van der Waals surface area contributed by atoms with E-state index in [4.69, 9.17) is 0 Å². The summed E-state index contributed by atoms with van der Waals surface area (Å²) in [5.74, 6) is -2.75. The first-order valence-electron chi connectivity index (χ1n) is 5.43. The summed E-state index contributed by atoms with van der Waals surface area (Å²) in [5, 5.41) is 5.76. The van der Waals surface area contributed by atoms with Crippen LogP contribution < -0.4 is 10.6 Å². The minimum absolute atomic E-state index is 0.0540. The molecule has 17 heavy (non-hydrogen) atoms. The molecule has 0 aliphatic heterocycles. The van der Waals surface area contributed by atoms with Crippen molar-refractivity contribution in [2.45, 2.75) is 26.3 Å². The zero-order chi connectivity index (χ0) is 13.1. The maximum Gasteiger partial charge on any atom is 0.152 e. The molecule has 2 nitrogen and oxygen atoms in total. The molecule has 0 saturated heterocycles. The van der Waals surface area contributed by atoms with Crippen LogP contribution in [0, 0.1) is 17.5 Å². The van der Waals surface area contributed by atoms with Gasteiger partial charge in [0, 0.05) is 30.8 Å². The number of anilines is 1. The van der Waals surface area contributed by atoms with Crippen molar-refractivity contribution in [3.8, 4) is 0 Å². The largest absolute Gasteiger partial charge is 0.379 e. The van der Waals surface area contributed by atoms with Crippen molar-refractivity contribution in [1.82, 2.24) is 5.32 Å². The lowest BCUT2D eigenvalue weighted by molar-refractivity contribution is 0.434. The van der Waals surface area contributed by atoms with Gasteiger partial charge in [-0.25, -0.2) is 13.2 Å². The Kier molecular flexibility index (Phi) is 4.40. The first-order valence-corrected chi connectivity index (χ1v) is 5.43. The van der Waals surface area contributed by atoms with E-state index < -0.39 is 17.5 Å². The van der Waals surface area contributed by atoms with E-state index in [1.54, 1.807) is 0 Å². The molecule has 0 bridgehead atoms. The fraction of sp³-hybridized carbons (Fsp3) is 0.500. The molecule has 1 aromatic rings. The molecule has 0 unspecified atom stereocenters. The summed E-state index contributed by atoms with van der Waals surface area (Å²) < 4.78 is 39.1. The predicted octanol–water partition coefficient (Wildman–Crippen LogP) is 2.90. The number of rotatable bonds is 4. The second kappa shape index (κ2) is 5.40. The fourth-order valence-electron chi connectivity index (χ4n) is 1.34. The highest BCUT2D eigenvalue weighted by Gasteiger charge is 2.11. The molecule has 1 rings (SSSR count). The van der Waals surface area contributed by atoms with Gasteiger partial charge in [-0.1, -0.05) is 0 Å². The van der Waals surface area contributed by atoms with Crippen molar-refractivity contribution in [3.63, 3.8) is 0 Å². The van der Waals surface area contributed by atoms with Crippen LogP contribution in [-0.2, 0) is 0 Å². The van der Waals surface area contributed by atoms with Crippen molar-refractivity contribution in [1.29, 1.82) is 0 Å². The summed E-state index contributed by atoms with van der Waals surface area (Å²) in [6, 6.07) is 1.31. The first-order chi connectivity index (χ1) is 7.79. The molecule has 0 spiro atoms. The Morgan fingerprint density at radius 3 is 2.00 bits per heavy atom. The Morgan fingerprint density at radius 1 is 1.00 bits per heavy atom. The lowest BCUT2D eigenvalue weighted by Crippen LogP contribution is -2.38. The Labute approximate surface area is 99.2 Å². The second-order valence-electron chi connectivity index (χ2n) is 4.85. The molecule has 2 N–H and O–H groups in total. The van der Waals surface area contributed by atoms with Gasteiger partial charge in [0.2, 0.25) is 0 Å². The van der Waals surface area contributed by atoms with Crippen LogP contribution in [0.2, 0.25) is 0 Å². The molecule has 1 aromatic carbocycles. The molecule has 0 aromatic heterocycles. The van der Waals surface area contributed by atoms with Gasteiger partial charge in [-0.3, -0.25) is 0 Å². The van der Waals surface area contributed by atoms with Gasteiger partial charge in [0.05, 0.1) is 0 Å². The monoisotopic (exact) mass is 246 g/mol. The van der Waals surface area contributed by atoms with Gasteiger partial charge in [0.1, 0.15) is 11.5 Å². The normalized spacial score (nSPS) is 11.6. The van der Waals surface area contributed by atoms with E-state index in [9.17, 15) is 13.2 Å². The molecule has 0 heterocycles. The van der Waals surface area contributed by atoms with Crippen LogP contribution in [0.15, 0.2) is 12.1 Å². The highest BCUT2D eigenvalue weighted by molar-refractivity contribution is 5.46. The summed E-state index contributed by atoms with van der Waals surface area (Å²) in [5.41, 5.74) is -0.344. The molecular formula is C12H17F3N2. The van der Waals surface area contributed by atoms with Crippen molar-refractivity contribution >= 4 is 5.69 Å². The van der Waals surface area contributed by atoms with E-state index in [0.717, 1.165) is 0 Å². The first kappa shape index (κ1) is 13.8. The number of halogens is 3. The molecule has 0 fully saturated rings. The van der Waals surface area contributed by atoms with Gasteiger partial charge in [-0.05, 0) is 20.8 Å². The summed E-state index contributed by atoms with van der Waals surface area (Å²) in [6.45, 7) is 6.89. The summed E-state index contributed by atoms with van der Waals surface area (Å²) in [4.78, 5) is 0. The summed E-state index contributed by atoms with van der Waals surface area (Å²) in [7, 11) is 0. The summed E-state index contributed by atoms with van der Waals surface area (Å²) >= 11 is 0.